The van der Waals surface area contributed by atoms with E-state index in [1.807, 2.05) is 0 Å². The molecule has 0 unspecified atom stereocenters. The molecular formula is C36H70O11S. The van der Waals surface area contributed by atoms with Crippen LogP contribution < -0.4 is 0 Å². The van der Waals surface area contributed by atoms with Crippen LogP contribution >= 0.6 is 0 Å². The van der Waals surface area contributed by atoms with Gasteiger partial charge in [0.15, 0.2) is 5.25 Å². The second-order valence-electron chi connectivity index (χ2n) is 12.4. The third kappa shape index (κ3) is 33.2. The maximum absolute atomic E-state index is 12.2. The van der Waals surface area contributed by atoms with Crippen LogP contribution in [0.1, 0.15) is 149 Å². The Kier molecular flexibility index (Phi) is 34.5. The Labute approximate surface area is 292 Å². The Morgan fingerprint density at radius 1 is 0.458 bits per heavy atom. The van der Waals surface area contributed by atoms with Crippen LogP contribution in [0.5, 0.6) is 0 Å². The van der Waals surface area contributed by atoms with Crippen LogP contribution in [0.3, 0.4) is 0 Å². The Balaban J connectivity index is 3.72. The molecule has 0 aliphatic heterocycles. The molecule has 0 aromatic carbocycles. The van der Waals surface area contributed by atoms with Crippen LogP contribution in [0.2, 0.25) is 0 Å². The molecule has 12 heteroatoms. The Bertz CT molecular complexity index is 823. The zero-order valence-corrected chi connectivity index (χ0v) is 31.3. The van der Waals surface area contributed by atoms with Crippen molar-refractivity contribution in [2.75, 3.05) is 66.1 Å². The number of rotatable bonds is 38. The van der Waals surface area contributed by atoms with Crippen molar-refractivity contribution in [2.45, 2.75) is 154 Å². The second-order valence-corrected chi connectivity index (χ2v) is 14.0. The van der Waals surface area contributed by atoms with Crippen molar-refractivity contribution in [3.63, 3.8) is 0 Å². The van der Waals surface area contributed by atoms with E-state index in [4.69, 9.17) is 28.4 Å². The molecule has 0 fully saturated rings. The van der Waals surface area contributed by atoms with Gasteiger partial charge < -0.3 is 28.4 Å². The van der Waals surface area contributed by atoms with E-state index in [0.29, 0.717) is 39.6 Å². The van der Waals surface area contributed by atoms with Gasteiger partial charge in [0.05, 0.1) is 46.1 Å². The van der Waals surface area contributed by atoms with Crippen molar-refractivity contribution in [3.8, 4) is 0 Å². The molecule has 0 saturated heterocycles. The predicted octanol–water partition coefficient (Wildman–Crippen LogP) is 7.63. The highest BCUT2D eigenvalue weighted by molar-refractivity contribution is 7.87. The molecule has 0 heterocycles. The van der Waals surface area contributed by atoms with Crippen molar-refractivity contribution < 1.29 is 51.0 Å². The molecule has 1 atom stereocenters. The highest BCUT2D eigenvalue weighted by atomic mass is 32.2. The predicted molar refractivity (Wildman–Crippen MR) is 189 cm³/mol. The van der Waals surface area contributed by atoms with Crippen molar-refractivity contribution in [3.05, 3.63) is 0 Å². The van der Waals surface area contributed by atoms with Crippen molar-refractivity contribution in [2.24, 2.45) is 0 Å². The van der Waals surface area contributed by atoms with E-state index in [0.717, 1.165) is 25.7 Å². The Morgan fingerprint density at radius 3 is 1.15 bits per heavy atom. The summed E-state index contributed by atoms with van der Waals surface area (Å²) in [6.07, 6.45) is 24.4. The fourth-order valence-corrected chi connectivity index (χ4v) is 5.71. The molecular weight excluding hydrogens is 640 g/mol. The van der Waals surface area contributed by atoms with Gasteiger partial charge in [0, 0.05) is 13.2 Å². The van der Waals surface area contributed by atoms with Gasteiger partial charge in [0.25, 0.3) is 10.1 Å². The third-order valence-electron chi connectivity index (χ3n) is 7.97. The normalized spacial score (nSPS) is 12.3. The zero-order valence-electron chi connectivity index (χ0n) is 30.4. The van der Waals surface area contributed by atoms with Gasteiger partial charge in [-0.3, -0.25) is 14.1 Å². The number of hydrogen-bond donors (Lipinski definition) is 1. The number of unbranched alkanes of at least 4 members (excludes halogenated alkanes) is 18. The maximum Gasteiger partial charge on any atom is 0.327 e. The molecule has 1 N–H and O–H groups in total. The van der Waals surface area contributed by atoms with Gasteiger partial charge in [-0.05, 0) is 12.8 Å². The van der Waals surface area contributed by atoms with Gasteiger partial charge in [0.2, 0.25) is 0 Å². The van der Waals surface area contributed by atoms with E-state index in [1.54, 1.807) is 0 Å². The number of carbonyl (C=O) groups excluding carboxylic acids is 2. The minimum absolute atomic E-state index is 0.0241. The van der Waals surface area contributed by atoms with E-state index in [9.17, 15) is 22.6 Å². The topological polar surface area (TPSA) is 144 Å². The van der Waals surface area contributed by atoms with E-state index >= 15 is 0 Å². The minimum Gasteiger partial charge on any atom is -0.463 e. The van der Waals surface area contributed by atoms with E-state index in [-0.39, 0.29) is 26.4 Å². The van der Waals surface area contributed by atoms with Crippen molar-refractivity contribution in [1.82, 2.24) is 0 Å². The summed E-state index contributed by atoms with van der Waals surface area (Å²) in [6, 6.07) is 0. The molecule has 0 amide bonds. The summed E-state index contributed by atoms with van der Waals surface area (Å²) >= 11 is 0. The number of ether oxygens (including phenoxy) is 6. The number of esters is 2. The standard InChI is InChI=1S/C36H70O11S/c1-3-5-7-9-11-13-15-17-19-21-23-42-25-27-44-29-31-46-35(37)33-34(48(39,40)41)36(38)47-32-30-45-28-26-43-24-22-20-18-16-14-12-10-8-6-4-2/h34H,3-33H2,1-2H3,(H,39,40,41)/t34-/m0/s1. The maximum atomic E-state index is 12.2. The zero-order chi connectivity index (χ0) is 35.4. The molecule has 0 radical (unpaired) electrons. The van der Waals surface area contributed by atoms with Crippen LogP contribution in [0.15, 0.2) is 0 Å². The fourth-order valence-electron chi connectivity index (χ4n) is 5.06. The summed E-state index contributed by atoms with van der Waals surface area (Å²) in [4.78, 5) is 24.3. The summed E-state index contributed by atoms with van der Waals surface area (Å²) in [7, 11) is -4.88. The molecule has 0 aliphatic rings. The highest BCUT2D eigenvalue weighted by Gasteiger charge is 2.35. The fraction of sp³-hybridized carbons (Fsp3) is 0.944. The Hall–Kier alpha value is -1.31. The first-order valence-electron chi connectivity index (χ1n) is 18.9. The summed E-state index contributed by atoms with van der Waals surface area (Å²) in [5, 5.41) is -2.07. The van der Waals surface area contributed by atoms with Crippen LogP contribution in [0.25, 0.3) is 0 Å². The molecule has 48 heavy (non-hydrogen) atoms. The van der Waals surface area contributed by atoms with Gasteiger partial charge in [0.1, 0.15) is 13.2 Å². The smallest absolute Gasteiger partial charge is 0.327 e. The van der Waals surface area contributed by atoms with Gasteiger partial charge >= 0.3 is 11.9 Å². The number of hydrogen-bond acceptors (Lipinski definition) is 10. The molecule has 0 rings (SSSR count). The SMILES string of the molecule is CCCCCCCCCCCCOCCOCCOC(=O)C[C@@H](C(=O)OCCOCCOCCCCCCCCCCCC)S(=O)(=O)O. The first-order chi connectivity index (χ1) is 23.3. The lowest BCUT2D eigenvalue weighted by Gasteiger charge is -2.13. The molecule has 0 saturated carbocycles. The molecule has 286 valence electrons. The quantitative estimate of drug-likeness (QED) is 0.0384. The lowest BCUT2D eigenvalue weighted by molar-refractivity contribution is -0.151. The van der Waals surface area contributed by atoms with Crippen LogP contribution in [0, 0.1) is 0 Å². The largest absolute Gasteiger partial charge is 0.463 e. The lowest BCUT2D eigenvalue weighted by atomic mass is 10.1. The first kappa shape index (κ1) is 46.7. The molecule has 11 nitrogen and oxygen atoms in total. The van der Waals surface area contributed by atoms with Crippen molar-refractivity contribution in [1.29, 1.82) is 0 Å². The monoisotopic (exact) mass is 710 g/mol. The summed E-state index contributed by atoms with van der Waals surface area (Å²) in [5.41, 5.74) is 0. The average Bonchev–Trinajstić information content (AvgIpc) is 3.05. The highest BCUT2D eigenvalue weighted by Crippen LogP contribution is 2.12. The molecule has 0 spiro atoms. The Morgan fingerprint density at radius 2 is 0.771 bits per heavy atom. The molecule has 0 aliphatic carbocycles. The van der Waals surface area contributed by atoms with Gasteiger partial charge in [-0.15, -0.1) is 0 Å². The minimum atomic E-state index is -4.88. The van der Waals surface area contributed by atoms with E-state index < -0.39 is 33.7 Å². The van der Waals surface area contributed by atoms with E-state index in [1.165, 1.54) is 103 Å². The first-order valence-corrected chi connectivity index (χ1v) is 20.4. The summed E-state index contributed by atoms with van der Waals surface area (Å²) < 4.78 is 64.5. The summed E-state index contributed by atoms with van der Waals surface area (Å²) in [6.45, 7) is 7.05. The summed E-state index contributed by atoms with van der Waals surface area (Å²) in [5.74, 6) is -2.21. The average molecular weight is 711 g/mol. The second kappa shape index (κ2) is 35.5. The molecule has 0 bridgehead atoms. The van der Waals surface area contributed by atoms with Crippen molar-refractivity contribution >= 4 is 22.1 Å². The van der Waals surface area contributed by atoms with Gasteiger partial charge in [-0.25, -0.2) is 0 Å². The van der Waals surface area contributed by atoms with Gasteiger partial charge in [-0.1, -0.05) is 129 Å². The molecule has 0 aromatic rings. The van der Waals surface area contributed by atoms with Crippen LogP contribution in [-0.4, -0.2) is 96.2 Å². The van der Waals surface area contributed by atoms with Gasteiger partial charge in [-0.2, -0.15) is 8.42 Å². The lowest BCUT2D eigenvalue weighted by Crippen LogP contribution is -2.35. The third-order valence-corrected chi connectivity index (χ3v) is 9.04. The van der Waals surface area contributed by atoms with Crippen LogP contribution in [-0.2, 0) is 48.1 Å². The molecule has 0 aromatic heterocycles. The van der Waals surface area contributed by atoms with E-state index in [2.05, 4.69) is 13.8 Å². The number of carbonyl (C=O) groups is 2. The van der Waals surface area contributed by atoms with Crippen LogP contribution in [0.4, 0.5) is 0 Å².